The van der Waals surface area contributed by atoms with Crippen LogP contribution in [0.15, 0.2) is 24.3 Å². The Labute approximate surface area is 138 Å². The first kappa shape index (κ1) is 17.7. The maximum absolute atomic E-state index is 12.9. The van der Waals surface area contributed by atoms with Crippen molar-refractivity contribution in [3.8, 4) is 0 Å². The molecule has 1 heterocycles. The Morgan fingerprint density at radius 2 is 2.04 bits per heavy atom. The zero-order chi connectivity index (χ0) is 17.5. The van der Waals surface area contributed by atoms with Gasteiger partial charge in [0.25, 0.3) is 0 Å². The lowest BCUT2D eigenvalue weighted by atomic mass is 10.2. The van der Waals surface area contributed by atoms with Gasteiger partial charge in [0.1, 0.15) is 11.9 Å². The Morgan fingerprint density at radius 1 is 1.33 bits per heavy atom. The zero-order valence-corrected chi connectivity index (χ0v) is 13.3. The maximum Gasteiger partial charge on any atom is 0.414 e. The Bertz CT molecular complexity index is 605. The van der Waals surface area contributed by atoms with Crippen molar-refractivity contribution in [2.45, 2.75) is 25.9 Å². The number of halogens is 1. The molecule has 0 saturated carbocycles. The third-order valence-corrected chi connectivity index (χ3v) is 3.40. The van der Waals surface area contributed by atoms with Gasteiger partial charge in [-0.15, -0.1) is 0 Å². The summed E-state index contributed by atoms with van der Waals surface area (Å²) in [6.45, 7) is 2.37. The molecular formula is C16H19FN2O5. The molecule has 0 bridgehead atoms. The Hall–Kier alpha value is -2.64. The van der Waals surface area contributed by atoms with E-state index in [1.807, 2.05) is 0 Å². The number of hydrogen-bond acceptors (Lipinski definition) is 5. The summed E-state index contributed by atoms with van der Waals surface area (Å²) in [7, 11) is 0. The fourth-order valence-corrected chi connectivity index (χ4v) is 2.22. The van der Waals surface area contributed by atoms with E-state index in [1.165, 1.54) is 29.2 Å². The van der Waals surface area contributed by atoms with Gasteiger partial charge >= 0.3 is 12.1 Å². The molecule has 130 valence electrons. The van der Waals surface area contributed by atoms with Crippen LogP contribution >= 0.6 is 0 Å². The van der Waals surface area contributed by atoms with Crippen LogP contribution in [0.1, 0.15) is 19.8 Å². The average molecular weight is 338 g/mol. The highest BCUT2D eigenvalue weighted by Crippen LogP contribution is 2.21. The van der Waals surface area contributed by atoms with Crippen molar-refractivity contribution in [1.29, 1.82) is 0 Å². The smallest absolute Gasteiger partial charge is 0.414 e. The fraction of sp³-hybridized carbons (Fsp3) is 0.438. The van der Waals surface area contributed by atoms with Crippen LogP contribution in [-0.4, -0.2) is 43.8 Å². The molecule has 0 aromatic heterocycles. The molecule has 24 heavy (non-hydrogen) atoms. The van der Waals surface area contributed by atoms with Crippen LogP contribution < -0.4 is 10.2 Å². The van der Waals surface area contributed by atoms with E-state index in [9.17, 15) is 18.8 Å². The van der Waals surface area contributed by atoms with E-state index >= 15 is 0 Å². The molecule has 1 aromatic rings. The molecule has 0 spiro atoms. The number of nitrogens with one attached hydrogen (secondary N) is 1. The molecule has 1 aliphatic heterocycles. The first-order chi connectivity index (χ1) is 11.5. The highest BCUT2D eigenvalue weighted by molar-refractivity contribution is 5.89. The zero-order valence-electron chi connectivity index (χ0n) is 13.3. The van der Waals surface area contributed by atoms with Crippen molar-refractivity contribution in [3.05, 3.63) is 30.1 Å². The van der Waals surface area contributed by atoms with Crippen LogP contribution in [0.4, 0.5) is 14.9 Å². The molecule has 7 nitrogen and oxygen atoms in total. The van der Waals surface area contributed by atoms with Gasteiger partial charge in [0.15, 0.2) is 0 Å². The number of benzene rings is 1. The van der Waals surface area contributed by atoms with Gasteiger partial charge in [-0.3, -0.25) is 14.5 Å². The van der Waals surface area contributed by atoms with Crippen LogP contribution in [0, 0.1) is 5.82 Å². The lowest BCUT2D eigenvalue weighted by molar-refractivity contribution is -0.144. The number of hydrogen-bond donors (Lipinski definition) is 1. The standard InChI is InChI=1S/C16H19FN2O5/c1-2-23-15(21)8-7-14(20)18-9-13-10-19(16(22)24-13)12-5-3-11(17)4-6-12/h3-6,13H,2,7-10H2,1H3,(H,18,20)/t13-/m1/s1. The molecule has 1 saturated heterocycles. The Balaban J connectivity index is 1.76. The van der Waals surface area contributed by atoms with E-state index in [-0.39, 0.29) is 38.4 Å². The predicted octanol–water partition coefficient (Wildman–Crippen LogP) is 1.61. The monoisotopic (exact) mass is 338 g/mol. The van der Waals surface area contributed by atoms with Crippen LogP contribution in [0.2, 0.25) is 0 Å². The van der Waals surface area contributed by atoms with Gasteiger partial charge in [0.05, 0.1) is 26.1 Å². The quantitative estimate of drug-likeness (QED) is 0.764. The van der Waals surface area contributed by atoms with Crippen molar-refractivity contribution in [2.24, 2.45) is 0 Å². The number of rotatable bonds is 7. The second-order valence-corrected chi connectivity index (χ2v) is 5.20. The molecule has 1 aromatic carbocycles. The summed E-state index contributed by atoms with van der Waals surface area (Å²) in [6.07, 6.45) is -1.03. The van der Waals surface area contributed by atoms with Gasteiger partial charge in [0.2, 0.25) is 5.91 Å². The molecule has 1 fully saturated rings. The van der Waals surface area contributed by atoms with Crippen LogP contribution in [0.5, 0.6) is 0 Å². The largest absolute Gasteiger partial charge is 0.466 e. The van der Waals surface area contributed by atoms with E-state index < -0.39 is 24.0 Å². The Morgan fingerprint density at radius 3 is 2.71 bits per heavy atom. The number of anilines is 1. The summed E-state index contributed by atoms with van der Waals surface area (Å²) in [5.74, 6) is -1.14. The van der Waals surface area contributed by atoms with E-state index in [0.717, 1.165) is 0 Å². The first-order valence-corrected chi connectivity index (χ1v) is 7.65. The molecular weight excluding hydrogens is 319 g/mol. The molecule has 0 radical (unpaired) electrons. The SMILES string of the molecule is CCOC(=O)CCC(=O)NC[C@@H]1CN(c2ccc(F)cc2)C(=O)O1. The summed E-state index contributed by atoms with van der Waals surface area (Å²) in [5, 5.41) is 2.61. The van der Waals surface area contributed by atoms with E-state index in [4.69, 9.17) is 9.47 Å². The van der Waals surface area contributed by atoms with Gasteiger partial charge < -0.3 is 14.8 Å². The molecule has 1 atom stereocenters. The minimum Gasteiger partial charge on any atom is -0.466 e. The summed E-state index contributed by atoms with van der Waals surface area (Å²) < 4.78 is 22.8. The van der Waals surface area contributed by atoms with Crippen LogP contribution in [0.3, 0.4) is 0 Å². The minimum absolute atomic E-state index is 0.00579. The number of carbonyl (C=O) groups excluding carboxylic acids is 3. The minimum atomic E-state index is -0.549. The van der Waals surface area contributed by atoms with E-state index in [0.29, 0.717) is 5.69 Å². The number of carbonyl (C=O) groups is 3. The normalized spacial score (nSPS) is 16.7. The van der Waals surface area contributed by atoms with Gasteiger partial charge in [0, 0.05) is 12.1 Å². The van der Waals surface area contributed by atoms with Gasteiger partial charge in [-0.1, -0.05) is 0 Å². The second-order valence-electron chi connectivity index (χ2n) is 5.20. The van der Waals surface area contributed by atoms with E-state index in [1.54, 1.807) is 6.92 Å². The summed E-state index contributed by atoms with van der Waals surface area (Å²) in [4.78, 5) is 36.0. The topological polar surface area (TPSA) is 84.9 Å². The summed E-state index contributed by atoms with van der Waals surface area (Å²) in [5.41, 5.74) is 0.525. The van der Waals surface area contributed by atoms with Gasteiger partial charge in [-0.2, -0.15) is 0 Å². The number of cyclic esters (lactones) is 1. The number of ether oxygens (including phenoxy) is 2. The highest BCUT2D eigenvalue weighted by Gasteiger charge is 2.32. The third kappa shape index (κ3) is 4.94. The molecule has 0 aliphatic carbocycles. The lowest BCUT2D eigenvalue weighted by Crippen LogP contribution is -2.34. The van der Waals surface area contributed by atoms with Crippen molar-refractivity contribution in [3.63, 3.8) is 0 Å². The first-order valence-electron chi connectivity index (χ1n) is 7.65. The fourth-order valence-electron chi connectivity index (χ4n) is 2.22. The maximum atomic E-state index is 12.9. The number of esters is 1. The molecule has 0 unspecified atom stereocenters. The predicted molar refractivity (Wildman–Crippen MR) is 82.9 cm³/mol. The van der Waals surface area contributed by atoms with Crippen LogP contribution in [-0.2, 0) is 19.1 Å². The number of amides is 2. The molecule has 1 aliphatic rings. The Kier molecular flexibility index (Phi) is 6.11. The van der Waals surface area contributed by atoms with Crippen molar-refractivity contribution >= 4 is 23.7 Å². The van der Waals surface area contributed by atoms with E-state index in [2.05, 4.69) is 5.32 Å². The summed E-state index contributed by atoms with van der Waals surface area (Å²) >= 11 is 0. The molecule has 1 N–H and O–H groups in total. The van der Waals surface area contributed by atoms with Gasteiger partial charge in [-0.25, -0.2) is 9.18 Å². The molecule has 8 heteroatoms. The number of nitrogens with zero attached hydrogens (tertiary/aromatic N) is 1. The van der Waals surface area contributed by atoms with Crippen molar-refractivity contribution in [1.82, 2.24) is 5.32 Å². The molecule has 2 rings (SSSR count). The third-order valence-electron chi connectivity index (χ3n) is 3.40. The van der Waals surface area contributed by atoms with Crippen LogP contribution in [0.25, 0.3) is 0 Å². The highest BCUT2D eigenvalue weighted by atomic mass is 19.1. The summed E-state index contributed by atoms with van der Waals surface area (Å²) in [6, 6.07) is 5.48. The van der Waals surface area contributed by atoms with Gasteiger partial charge in [-0.05, 0) is 31.2 Å². The molecule has 2 amide bonds. The lowest BCUT2D eigenvalue weighted by Gasteiger charge is -2.13. The second kappa shape index (κ2) is 8.28. The average Bonchev–Trinajstić information content (AvgIpc) is 2.93. The van der Waals surface area contributed by atoms with Crippen molar-refractivity contribution < 1.29 is 28.2 Å². The van der Waals surface area contributed by atoms with Crippen molar-refractivity contribution in [2.75, 3.05) is 24.6 Å².